The van der Waals surface area contributed by atoms with Crippen LogP contribution in [0.1, 0.15) is 30.0 Å². The molecule has 0 aliphatic rings. The molecule has 2 aromatic carbocycles. The van der Waals surface area contributed by atoms with Crippen molar-refractivity contribution in [2.75, 3.05) is 0 Å². The van der Waals surface area contributed by atoms with Gasteiger partial charge >= 0.3 is 0 Å². The van der Waals surface area contributed by atoms with Gasteiger partial charge < -0.3 is 9.88 Å². The lowest BCUT2D eigenvalue weighted by Crippen LogP contribution is -2.37. The zero-order chi connectivity index (χ0) is 18.8. The molecule has 0 saturated carbocycles. The molecular weight excluding hydrogens is 373 g/mol. The molecule has 7 heteroatoms. The van der Waals surface area contributed by atoms with Crippen LogP contribution in [0, 0.1) is 0 Å². The zero-order valence-corrected chi connectivity index (χ0v) is 15.8. The van der Waals surface area contributed by atoms with Crippen molar-refractivity contribution in [3.8, 4) is 0 Å². The van der Waals surface area contributed by atoms with Crippen LogP contribution < -0.4 is 5.56 Å². The Bertz CT molecular complexity index is 1030. The molecular formula is C19H17Cl2N3O2. The first kappa shape index (κ1) is 18.4. The van der Waals surface area contributed by atoms with Crippen LogP contribution in [0.3, 0.4) is 0 Å². The van der Waals surface area contributed by atoms with Crippen molar-refractivity contribution >= 4 is 40.0 Å². The van der Waals surface area contributed by atoms with Crippen LogP contribution in [0.15, 0.2) is 47.3 Å². The van der Waals surface area contributed by atoms with Gasteiger partial charge in [-0.15, -0.1) is 0 Å². The van der Waals surface area contributed by atoms with Gasteiger partial charge in [0.15, 0.2) is 0 Å². The smallest absolute Gasteiger partial charge is 0.258 e. The summed E-state index contributed by atoms with van der Waals surface area (Å²) in [5, 5.41) is 1.22. The summed E-state index contributed by atoms with van der Waals surface area (Å²) in [5.41, 5.74) is 0.796. The summed E-state index contributed by atoms with van der Waals surface area (Å²) in [6.07, 6.45) is 0. The number of amides is 1. The lowest BCUT2D eigenvalue weighted by atomic mass is 10.1. The van der Waals surface area contributed by atoms with E-state index in [1.165, 1.54) is 6.07 Å². The highest BCUT2D eigenvalue weighted by atomic mass is 35.5. The second kappa shape index (κ2) is 7.48. The van der Waals surface area contributed by atoms with E-state index in [1.807, 2.05) is 19.9 Å². The van der Waals surface area contributed by atoms with Gasteiger partial charge in [0.1, 0.15) is 5.82 Å². The third kappa shape index (κ3) is 3.74. The largest absolute Gasteiger partial charge is 0.329 e. The van der Waals surface area contributed by atoms with Crippen molar-refractivity contribution in [2.24, 2.45) is 0 Å². The number of hydrogen-bond acceptors (Lipinski definition) is 3. The zero-order valence-electron chi connectivity index (χ0n) is 14.3. The number of nitrogens with one attached hydrogen (secondary N) is 1. The highest BCUT2D eigenvalue weighted by Gasteiger charge is 2.21. The summed E-state index contributed by atoms with van der Waals surface area (Å²) in [4.78, 5) is 34.0. The van der Waals surface area contributed by atoms with E-state index in [0.29, 0.717) is 32.3 Å². The van der Waals surface area contributed by atoms with Gasteiger partial charge in [0.05, 0.1) is 27.5 Å². The third-order valence-electron chi connectivity index (χ3n) is 4.03. The average molecular weight is 390 g/mol. The van der Waals surface area contributed by atoms with Gasteiger partial charge in [0.2, 0.25) is 0 Å². The molecule has 1 amide bonds. The summed E-state index contributed by atoms with van der Waals surface area (Å²) < 4.78 is 0. The Morgan fingerprint density at radius 1 is 1.15 bits per heavy atom. The van der Waals surface area contributed by atoms with Crippen LogP contribution >= 0.6 is 23.2 Å². The van der Waals surface area contributed by atoms with E-state index in [-0.39, 0.29) is 24.1 Å². The Labute approximate surface area is 160 Å². The summed E-state index contributed by atoms with van der Waals surface area (Å²) in [6, 6.07) is 11.7. The van der Waals surface area contributed by atoms with Crippen LogP contribution in [0.25, 0.3) is 10.9 Å². The van der Waals surface area contributed by atoms with E-state index >= 15 is 0 Å². The molecule has 0 aliphatic carbocycles. The van der Waals surface area contributed by atoms with Gasteiger partial charge in [-0.1, -0.05) is 35.3 Å². The van der Waals surface area contributed by atoms with E-state index in [1.54, 1.807) is 35.2 Å². The number of carbonyl (C=O) groups excluding carboxylic acids is 1. The first-order valence-corrected chi connectivity index (χ1v) is 8.86. The summed E-state index contributed by atoms with van der Waals surface area (Å²) in [6.45, 7) is 3.97. The second-order valence-electron chi connectivity index (χ2n) is 6.19. The minimum Gasteiger partial charge on any atom is -0.329 e. The molecule has 1 aromatic heterocycles. The Kier molecular flexibility index (Phi) is 5.30. The Balaban J connectivity index is 1.95. The second-order valence-corrected chi connectivity index (χ2v) is 7.00. The Morgan fingerprint density at radius 3 is 2.58 bits per heavy atom. The number of nitrogens with zero attached hydrogens (tertiary/aromatic N) is 2. The summed E-state index contributed by atoms with van der Waals surface area (Å²) in [7, 11) is 0. The molecule has 0 aliphatic heterocycles. The molecule has 5 nitrogen and oxygen atoms in total. The number of H-pyrrole nitrogens is 1. The Hall–Kier alpha value is -2.37. The van der Waals surface area contributed by atoms with Crippen molar-refractivity contribution < 1.29 is 4.79 Å². The number of fused-ring (bicyclic) bond motifs is 1. The molecule has 3 rings (SSSR count). The normalized spacial score (nSPS) is 11.1. The standard InChI is InChI=1S/C19H17Cl2N3O2/c1-11(2)24(19(26)12-7-8-14(20)15(21)9-12)10-17-22-16-6-4-3-5-13(16)18(25)23-17/h3-9,11H,10H2,1-2H3,(H,22,23,25). The van der Waals surface area contributed by atoms with Crippen molar-refractivity contribution in [1.82, 2.24) is 14.9 Å². The summed E-state index contributed by atoms with van der Waals surface area (Å²) >= 11 is 11.9. The quantitative estimate of drug-likeness (QED) is 0.723. The van der Waals surface area contributed by atoms with Crippen LogP contribution in [0.4, 0.5) is 0 Å². The fourth-order valence-corrected chi connectivity index (χ4v) is 2.95. The number of aromatic amines is 1. The lowest BCUT2D eigenvalue weighted by molar-refractivity contribution is 0.0685. The maximum absolute atomic E-state index is 12.9. The van der Waals surface area contributed by atoms with Crippen LogP contribution in [-0.4, -0.2) is 26.8 Å². The molecule has 0 spiro atoms. The molecule has 0 radical (unpaired) electrons. The maximum atomic E-state index is 12.9. The molecule has 1 N–H and O–H groups in total. The number of benzene rings is 2. The fourth-order valence-electron chi connectivity index (χ4n) is 2.65. The molecule has 1 heterocycles. The molecule has 0 fully saturated rings. The molecule has 134 valence electrons. The van der Waals surface area contributed by atoms with Crippen molar-refractivity contribution in [2.45, 2.75) is 26.4 Å². The highest BCUT2D eigenvalue weighted by Crippen LogP contribution is 2.24. The number of aromatic nitrogens is 2. The Morgan fingerprint density at radius 2 is 1.88 bits per heavy atom. The SMILES string of the molecule is CC(C)N(Cc1nc2ccccc2c(=O)[nH]1)C(=O)c1ccc(Cl)c(Cl)c1. The van der Waals surface area contributed by atoms with Gasteiger partial charge in [-0.3, -0.25) is 9.59 Å². The first-order chi connectivity index (χ1) is 12.4. The number of carbonyl (C=O) groups is 1. The van der Waals surface area contributed by atoms with Gasteiger partial charge in [0, 0.05) is 11.6 Å². The van der Waals surface area contributed by atoms with Gasteiger partial charge in [-0.05, 0) is 44.2 Å². The minimum absolute atomic E-state index is 0.103. The molecule has 26 heavy (non-hydrogen) atoms. The lowest BCUT2D eigenvalue weighted by Gasteiger charge is -2.26. The third-order valence-corrected chi connectivity index (χ3v) is 4.77. The maximum Gasteiger partial charge on any atom is 0.258 e. The number of rotatable bonds is 4. The van der Waals surface area contributed by atoms with E-state index in [4.69, 9.17) is 23.2 Å². The molecule has 3 aromatic rings. The minimum atomic E-state index is -0.226. The predicted molar refractivity (Wildman–Crippen MR) is 104 cm³/mol. The van der Waals surface area contributed by atoms with E-state index in [2.05, 4.69) is 9.97 Å². The molecule has 0 atom stereocenters. The van der Waals surface area contributed by atoms with Crippen molar-refractivity contribution in [3.05, 3.63) is 74.3 Å². The van der Waals surface area contributed by atoms with Gasteiger partial charge in [0.25, 0.3) is 11.5 Å². The number of halogens is 2. The van der Waals surface area contributed by atoms with E-state index < -0.39 is 0 Å². The highest BCUT2D eigenvalue weighted by molar-refractivity contribution is 6.42. The molecule has 0 saturated heterocycles. The molecule has 0 bridgehead atoms. The van der Waals surface area contributed by atoms with Crippen LogP contribution in [-0.2, 0) is 6.54 Å². The number of para-hydroxylation sites is 1. The number of hydrogen-bond donors (Lipinski definition) is 1. The van der Waals surface area contributed by atoms with E-state index in [0.717, 1.165) is 0 Å². The first-order valence-electron chi connectivity index (χ1n) is 8.11. The van der Waals surface area contributed by atoms with Crippen molar-refractivity contribution in [1.29, 1.82) is 0 Å². The van der Waals surface area contributed by atoms with E-state index in [9.17, 15) is 9.59 Å². The predicted octanol–water partition coefficient (Wildman–Crippen LogP) is 4.28. The van der Waals surface area contributed by atoms with Crippen LogP contribution in [0.5, 0.6) is 0 Å². The van der Waals surface area contributed by atoms with Gasteiger partial charge in [-0.25, -0.2) is 4.98 Å². The average Bonchev–Trinajstić information content (AvgIpc) is 2.61. The van der Waals surface area contributed by atoms with Crippen molar-refractivity contribution in [3.63, 3.8) is 0 Å². The molecule has 0 unspecified atom stereocenters. The topological polar surface area (TPSA) is 66.1 Å². The van der Waals surface area contributed by atoms with Gasteiger partial charge in [-0.2, -0.15) is 0 Å². The fraction of sp³-hybridized carbons (Fsp3) is 0.211. The van der Waals surface area contributed by atoms with Crippen LogP contribution in [0.2, 0.25) is 10.0 Å². The summed E-state index contributed by atoms with van der Waals surface area (Å²) in [5.74, 6) is 0.213. The monoisotopic (exact) mass is 389 g/mol.